The average Bonchev–Trinajstić information content (AvgIpc) is 4.02. The highest BCUT2D eigenvalue weighted by Gasteiger charge is 2.20. The van der Waals surface area contributed by atoms with E-state index in [0.717, 1.165) is 88.7 Å². The van der Waals surface area contributed by atoms with Gasteiger partial charge in [-0.2, -0.15) is 0 Å². The zero-order valence-electron chi connectivity index (χ0n) is 33.5. The molecule has 0 saturated heterocycles. The van der Waals surface area contributed by atoms with Gasteiger partial charge in [-0.1, -0.05) is 140 Å². The number of anilines is 3. The molecule has 13 aromatic rings. The Labute approximate surface area is 356 Å². The van der Waals surface area contributed by atoms with E-state index in [1.54, 1.807) is 0 Å². The maximum atomic E-state index is 6.61. The van der Waals surface area contributed by atoms with Crippen molar-refractivity contribution >= 4 is 93.5 Å². The molecular formula is C58H36N2O2. The van der Waals surface area contributed by atoms with Crippen molar-refractivity contribution < 1.29 is 8.83 Å². The lowest BCUT2D eigenvalue weighted by atomic mass is 9.97. The summed E-state index contributed by atoms with van der Waals surface area (Å²) >= 11 is 0. The Morgan fingerprint density at radius 1 is 0.339 bits per heavy atom. The van der Waals surface area contributed by atoms with Gasteiger partial charge in [-0.05, 0) is 101 Å². The summed E-state index contributed by atoms with van der Waals surface area (Å²) in [6.45, 7) is 0. The maximum Gasteiger partial charge on any atom is 0.143 e. The lowest BCUT2D eigenvalue weighted by Gasteiger charge is -2.26. The molecule has 3 heterocycles. The number of hydrogen-bond donors (Lipinski definition) is 0. The van der Waals surface area contributed by atoms with Gasteiger partial charge in [-0.3, -0.25) is 0 Å². The van der Waals surface area contributed by atoms with Crippen molar-refractivity contribution in [2.24, 2.45) is 0 Å². The van der Waals surface area contributed by atoms with Gasteiger partial charge < -0.3 is 18.3 Å². The summed E-state index contributed by atoms with van der Waals surface area (Å²) < 4.78 is 15.3. The van der Waals surface area contributed by atoms with Crippen molar-refractivity contribution in [1.29, 1.82) is 0 Å². The molecule has 0 unspecified atom stereocenters. The van der Waals surface area contributed by atoms with Gasteiger partial charge in [0, 0.05) is 60.3 Å². The highest BCUT2D eigenvalue weighted by molar-refractivity contribution is 6.19. The second-order valence-electron chi connectivity index (χ2n) is 16.0. The first-order chi connectivity index (χ1) is 30.7. The molecule has 0 aliphatic heterocycles. The van der Waals surface area contributed by atoms with Crippen LogP contribution >= 0.6 is 0 Å². The largest absolute Gasteiger partial charge is 0.456 e. The highest BCUT2D eigenvalue weighted by atomic mass is 16.3. The number of fused-ring (bicyclic) bond motifs is 11. The molecule has 290 valence electrons. The predicted octanol–water partition coefficient (Wildman–Crippen LogP) is 16.5. The Morgan fingerprint density at radius 3 is 1.81 bits per heavy atom. The molecule has 0 N–H and O–H groups in total. The van der Waals surface area contributed by atoms with Crippen molar-refractivity contribution in [2.75, 3.05) is 4.90 Å². The van der Waals surface area contributed by atoms with Crippen LogP contribution in [0.1, 0.15) is 0 Å². The first-order valence-corrected chi connectivity index (χ1v) is 21.1. The molecule has 4 nitrogen and oxygen atoms in total. The third-order valence-electron chi connectivity index (χ3n) is 12.6. The molecule has 0 aliphatic carbocycles. The Balaban J connectivity index is 0.974. The topological polar surface area (TPSA) is 34.5 Å². The molecule has 10 aromatic carbocycles. The Morgan fingerprint density at radius 2 is 0.968 bits per heavy atom. The van der Waals surface area contributed by atoms with Gasteiger partial charge in [0.1, 0.15) is 22.3 Å². The summed E-state index contributed by atoms with van der Waals surface area (Å²) in [6, 6.07) is 78.0. The zero-order valence-corrected chi connectivity index (χ0v) is 33.5. The standard InChI is InChI=1S/C58H36N2O2/c1-2-17-45-37(13-1)29-33-49-57-44(21-12-26-56(57)62-58(45)49)39-14-11-15-41(35-39)59(42-32-34-55-50(36-42)48-20-6-10-25-54(48)61-55)40-30-27-38(28-31-40)43-16-3-7-22-51(43)60-52-23-8-4-18-46(52)47-19-5-9-24-53(47)60/h1-36H. The van der Waals surface area contributed by atoms with E-state index in [0.29, 0.717) is 0 Å². The van der Waals surface area contributed by atoms with Crippen molar-refractivity contribution in [3.05, 3.63) is 218 Å². The van der Waals surface area contributed by atoms with Crippen LogP contribution in [0.4, 0.5) is 17.1 Å². The van der Waals surface area contributed by atoms with Crippen LogP contribution in [0.3, 0.4) is 0 Å². The number of furan rings is 2. The van der Waals surface area contributed by atoms with Gasteiger partial charge in [-0.15, -0.1) is 0 Å². The second kappa shape index (κ2) is 13.6. The smallest absolute Gasteiger partial charge is 0.143 e. The molecule has 0 atom stereocenters. The van der Waals surface area contributed by atoms with Crippen LogP contribution in [-0.4, -0.2) is 4.57 Å². The molecule has 0 spiro atoms. The van der Waals surface area contributed by atoms with Crippen LogP contribution in [0, 0.1) is 0 Å². The molecule has 4 heteroatoms. The predicted molar refractivity (Wildman–Crippen MR) is 258 cm³/mol. The van der Waals surface area contributed by atoms with Gasteiger partial charge in [0.25, 0.3) is 0 Å². The summed E-state index contributed by atoms with van der Waals surface area (Å²) in [5.74, 6) is 0. The quantitative estimate of drug-likeness (QED) is 0.168. The maximum absolute atomic E-state index is 6.61. The highest BCUT2D eigenvalue weighted by Crippen LogP contribution is 2.44. The first kappa shape index (κ1) is 34.5. The lowest BCUT2D eigenvalue weighted by molar-refractivity contribution is 0.669. The van der Waals surface area contributed by atoms with E-state index >= 15 is 0 Å². The molecule has 0 bridgehead atoms. The number of para-hydroxylation sites is 4. The molecule has 0 aliphatic rings. The van der Waals surface area contributed by atoms with Gasteiger partial charge in [-0.25, -0.2) is 0 Å². The number of aromatic nitrogens is 1. The third-order valence-corrected chi connectivity index (χ3v) is 12.6. The SMILES string of the molecule is c1cc(-c2cccc3oc4c5ccccc5ccc4c23)cc(N(c2ccc(-c3ccccc3-n3c4ccccc4c4ccccc43)cc2)c2ccc3oc4ccccc4c3c2)c1. The summed E-state index contributed by atoms with van der Waals surface area (Å²) in [7, 11) is 0. The molecule has 0 saturated carbocycles. The minimum absolute atomic E-state index is 0.867. The van der Waals surface area contributed by atoms with Crippen LogP contribution in [0.25, 0.3) is 104 Å². The van der Waals surface area contributed by atoms with Crippen LogP contribution in [0.15, 0.2) is 227 Å². The molecule has 0 amide bonds. The first-order valence-electron chi connectivity index (χ1n) is 21.1. The van der Waals surface area contributed by atoms with E-state index < -0.39 is 0 Å². The average molecular weight is 793 g/mol. The molecule has 3 aromatic heterocycles. The summed E-state index contributed by atoms with van der Waals surface area (Å²) in [4.78, 5) is 2.36. The number of hydrogen-bond acceptors (Lipinski definition) is 3. The lowest BCUT2D eigenvalue weighted by Crippen LogP contribution is -2.10. The fraction of sp³-hybridized carbons (Fsp3) is 0. The van der Waals surface area contributed by atoms with Crippen molar-refractivity contribution in [3.63, 3.8) is 0 Å². The van der Waals surface area contributed by atoms with Gasteiger partial charge >= 0.3 is 0 Å². The van der Waals surface area contributed by atoms with E-state index in [9.17, 15) is 0 Å². The minimum Gasteiger partial charge on any atom is -0.456 e. The zero-order chi connectivity index (χ0) is 40.7. The van der Waals surface area contributed by atoms with Crippen molar-refractivity contribution in [1.82, 2.24) is 4.57 Å². The number of benzene rings is 10. The fourth-order valence-electron chi connectivity index (χ4n) is 9.79. The molecule has 0 radical (unpaired) electrons. The molecule has 0 fully saturated rings. The van der Waals surface area contributed by atoms with E-state index in [1.165, 1.54) is 32.8 Å². The van der Waals surface area contributed by atoms with E-state index in [4.69, 9.17) is 8.83 Å². The second-order valence-corrected chi connectivity index (χ2v) is 16.0. The Hall–Kier alpha value is -8.34. The minimum atomic E-state index is 0.867. The van der Waals surface area contributed by atoms with Gasteiger partial charge in [0.2, 0.25) is 0 Å². The van der Waals surface area contributed by atoms with Crippen LogP contribution < -0.4 is 4.90 Å². The number of nitrogens with zero attached hydrogens (tertiary/aromatic N) is 2. The molecule has 62 heavy (non-hydrogen) atoms. The summed E-state index contributed by atoms with van der Waals surface area (Å²) in [6.07, 6.45) is 0. The number of rotatable bonds is 6. The van der Waals surface area contributed by atoms with E-state index in [2.05, 4.69) is 216 Å². The van der Waals surface area contributed by atoms with Gasteiger partial charge in [0.05, 0.1) is 16.7 Å². The van der Waals surface area contributed by atoms with Gasteiger partial charge in [0.15, 0.2) is 0 Å². The molecule has 13 rings (SSSR count). The van der Waals surface area contributed by atoms with E-state index in [-0.39, 0.29) is 0 Å². The fourth-order valence-corrected chi connectivity index (χ4v) is 9.79. The van der Waals surface area contributed by atoms with Crippen LogP contribution in [0.2, 0.25) is 0 Å². The molecular weight excluding hydrogens is 757 g/mol. The van der Waals surface area contributed by atoms with Crippen molar-refractivity contribution in [2.45, 2.75) is 0 Å². The van der Waals surface area contributed by atoms with Crippen molar-refractivity contribution in [3.8, 4) is 27.9 Å². The monoisotopic (exact) mass is 792 g/mol. The third kappa shape index (κ3) is 5.27. The summed E-state index contributed by atoms with van der Waals surface area (Å²) in [5, 5.41) is 9.20. The van der Waals surface area contributed by atoms with Crippen LogP contribution in [-0.2, 0) is 0 Å². The normalized spacial score (nSPS) is 11.9. The Kier molecular flexibility index (Phi) is 7.57. The van der Waals surface area contributed by atoms with E-state index in [1.807, 2.05) is 12.1 Å². The Bertz CT molecular complexity index is 3830. The van der Waals surface area contributed by atoms with Crippen LogP contribution in [0.5, 0.6) is 0 Å². The summed E-state index contributed by atoms with van der Waals surface area (Å²) in [5.41, 5.74) is 14.8.